The van der Waals surface area contributed by atoms with Crippen molar-refractivity contribution < 1.29 is 9.59 Å². The number of hydrogen-bond acceptors (Lipinski definition) is 2. The molecular weight excluding hydrogens is 308 g/mol. The van der Waals surface area contributed by atoms with Crippen molar-refractivity contribution in [2.45, 2.75) is 26.8 Å². The van der Waals surface area contributed by atoms with Gasteiger partial charge in [0.15, 0.2) is 0 Å². The van der Waals surface area contributed by atoms with E-state index in [2.05, 4.69) is 26.6 Å². The average molecular weight is 327 g/mol. The van der Waals surface area contributed by atoms with Gasteiger partial charge in [0.25, 0.3) is 5.91 Å². The van der Waals surface area contributed by atoms with Crippen LogP contribution in [0.4, 0.5) is 0 Å². The van der Waals surface area contributed by atoms with Crippen LogP contribution in [-0.2, 0) is 4.79 Å². The van der Waals surface area contributed by atoms with Crippen LogP contribution in [0.5, 0.6) is 0 Å². The van der Waals surface area contributed by atoms with Gasteiger partial charge in [0.05, 0.1) is 0 Å². The van der Waals surface area contributed by atoms with Gasteiger partial charge in [-0.1, -0.05) is 29.8 Å². The zero-order chi connectivity index (χ0) is 14.4. The molecule has 2 amide bonds. The quantitative estimate of drug-likeness (QED) is 0.872. The van der Waals surface area contributed by atoms with Crippen LogP contribution in [-0.4, -0.2) is 24.4 Å². The molecule has 104 valence electrons. The fourth-order valence-corrected chi connectivity index (χ4v) is 1.67. The Labute approximate surface area is 122 Å². The number of nitrogens with one attached hydrogen (secondary N) is 2. The van der Waals surface area contributed by atoms with Crippen LogP contribution in [0.2, 0.25) is 0 Å². The largest absolute Gasteiger partial charge is 0.354 e. The normalized spacial score (nSPS) is 12.1. The molecule has 1 unspecified atom stereocenters. The number of amides is 2. The van der Waals surface area contributed by atoms with Crippen LogP contribution >= 0.6 is 15.9 Å². The Morgan fingerprint density at radius 3 is 2.26 bits per heavy atom. The Kier molecular flexibility index (Phi) is 6.02. The van der Waals surface area contributed by atoms with Crippen molar-refractivity contribution in [1.82, 2.24) is 10.6 Å². The van der Waals surface area contributed by atoms with Crippen LogP contribution in [0, 0.1) is 5.92 Å². The minimum absolute atomic E-state index is 0.167. The first-order valence-electron chi connectivity index (χ1n) is 6.24. The van der Waals surface area contributed by atoms with Gasteiger partial charge in [-0.05, 0) is 37.1 Å². The van der Waals surface area contributed by atoms with E-state index in [1.54, 1.807) is 31.2 Å². The summed E-state index contributed by atoms with van der Waals surface area (Å²) in [5.41, 5.74) is 0.534. The standard InChI is InChI=1S/C14H19BrN2O2/c1-9(2)8-16-13(18)10(3)17-14(19)11-4-6-12(15)7-5-11/h4-7,9-10H,8H2,1-3H3,(H,16,18)(H,17,19). The zero-order valence-corrected chi connectivity index (χ0v) is 13.0. The van der Waals surface area contributed by atoms with Crippen LogP contribution in [0.25, 0.3) is 0 Å². The summed E-state index contributed by atoms with van der Waals surface area (Å²) in [5.74, 6) is -0.0304. The predicted molar refractivity (Wildman–Crippen MR) is 78.9 cm³/mol. The van der Waals surface area contributed by atoms with Gasteiger partial charge in [0.1, 0.15) is 6.04 Å². The third kappa shape index (κ3) is 5.42. The van der Waals surface area contributed by atoms with Gasteiger partial charge in [-0.15, -0.1) is 0 Å². The molecule has 1 aromatic rings. The molecule has 0 radical (unpaired) electrons. The second-order valence-electron chi connectivity index (χ2n) is 4.84. The third-order valence-corrected chi connectivity index (χ3v) is 3.06. The van der Waals surface area contributed by atoms with E-state index in [-0.39, 0.29) is 11.8 Å². The van der Waals surface area contributed by atoms with Crippen molar-refractivity contribution in [3.8, 4) is 0 Å². The molecule has 1 atom stereocenters. The van der Waals surface area contributed by atoms with Crippen LogP contribution in [0.3, 0.4) is 0 Å². The lowest BCUT2D eigenvalue weighted by Gasteiger charge is -2.15. The van der Waals surface area contributed by atoms with Crippen LogP contribution in [0.1, 0.15) is 31.1 Å². The van der Waals surface area contributed by atoms with Gasteiger partial charge in [-0.3, -0.25) is 9.59 Å². The number of rotatable bonds is 5. The molecule has 2 N–H and O–H groups in total. The van der Waals surface area contributed by atoms with Gasteiger partial charge in [0, 0.05) is 16.6 Å². The number of carbonyl (C=O) groups excluding carboxylic acids is 2. The summed E-state index contributed by atoms with van der Waals surface area (Å²) in [4.78, 5) is 23.6. The van der Waals surface area contributed by atoms with Crippen molar-refractivity contribution in [3.63, 3.8) is 0 Å². The molecule has 0 aliphatic heterocycles. The SMILES string of the molecule is CC(C)CNC(=O)C(C)NC(=O)c1ccc(Br)cc1. The van der Waals surface area contributed by atoms with E-state index in [4.69, 9.17) is 0 Å². The van der Waals surface area contributed by atoms with Crippen molar-refractivity contribution in [2.75, 3.05) is 6.54 Å². The molecule has 0 aliphatic carbocycles. The summed E-state index contributed by atoms with van der Waals surface area (Å²) >= 11 is 3.31. The second-order valence-corrected chi connectivity index (χ2v) is 5.76. The number of halogens is 1. The van der Waals surface area contributed by atoms with Crippen LogP contribution < -0.4 is 10.6 Å². The highest BCUT2D eigenvalue weighted by Crippen LogP contribution is 2.10. The maximum Gasteiger partial charge on any atom is 0.251 e. The number of carbonyl (C=O) groups is 2. The summed E-state index contributed by atoms with van der Waals surface area (Å²) in [6.07, 6.45) is 0. The number of benzene rings is 1. The molecule has 1 rings (SSSR count). The van der Waals surface area contributed by atoms with E-state index >= 15 is 0 Å². The molecule has 1 aromatic carbocycles. The Bertz CT molecular complexity index is 443. The second kappa shape index (κ2) is 7.28. The lowest BCUT2D eigenvalue weighted by atomic mass is 10.2. The van der Waals surface area contributed by atoms with Crippen molar-refractivity contribution in [1.29, 1.82) is 0 Å². The molecule has 4 nitrogen and oxygen atoms in total. The first-order chi connectivity index (χ1) is 8.90. The molecular formula is C14H19BrN2O2. The lowest BCUT2D eigenvalue weighted by Crippen LogP contribution is -2.45. The van der Waals surface area contributed by atoms with Crippen molar-refractivity contribution >= 4 is 27.7 Å². The Hall–Kier alpha value is -1.36. The topological polar surface area (TPSA) is 58.2 Å². The van der Waals surface area contributed by atoms with E-state index in [0.29, 0.717) is 18.0 Å². The monoisotopic (exact) mass is 326 g/mol. The highest BCUT2D eigenvalue weighted by Gasteiger charge is 2.16. The average Bonchev–Trinajstić information content (AvgIpc) is 2.36. The van der Waals surface area contributed by atoms with Gasteiger partial charge in [0.2, 0.25) is 5.91 Å². The van der Waals surface area contributed by atoms with E-state index in [9.17, 15) is 9.59 Å². The minimum Gasteiger partial charge on any atom is -0.354 e. The molecule has 19 heavy (non-hydrogen) atoms. The molecule has 0 heterocycles. The first-order valence-corrected chi connectivity index (χ1v) is 7.03. The van der Waals surface area contributed by atoms with Gasteiger partial charge < -0.3 is 10.6 Å². The van der Waals surface area contributed by atoms with Gasteiger partial charge in [-0.2, -0.15) is 0 Å². The zero-order valence-electron chi connectivity index (χ0n) is 11.4. The Balaban J connectivity index is 2.51. The molecule has 0 saturated carbocycles. The van der Waals surface area contributed by atoms with E-state index in [0.717, 1.165) is 4.47 Å². The smallest absolute Gasteiger partial charge is 0.251 e. The van der Waals surface area contributed by atoms with E-state index in [1.807, 2.05) is 13.8 Å². The Morgan fingerprint density at radius 1 is 1.16 bits per heavy atom. The summed E-state index contributed by atoms with van der Waals surface area (Å²) < 4.78 is 0.909. The molecule has 0 saturated heterocycles. The van der Waals surface area contributed by atoms with E-state index in [1.165, 1.54) is 0 Å². The van der Waals surface area contributed by atoms with Crippen molar-refractivity contribution in [3.05, 3.63) is 34.3 Å². The highest BCUT2D eigenvalue weighted by atomic mass is 79.9. The maximum absolute atomic E-state index is 11.9. The summed E-state index contributed by atoms with van der Waals surface area (Å²) in [5, 5.41) is 5.46. The minimum atomic E-state index is -0.546. The molecule has 0 bridgehead atoms. The molecule has 5 heteroatoms. The van der Waals surface area contributed by atoms with Gasteiger partial charge >= 0.3 is 0 Å². The molecule has 0 spiro atoms. The van der Waals surface area contributed by atoms with E-state index < -0.39 is 6.04 Å². The van der Waals surface area contributed by atoms with Crippen LogP contribution in [0.15, 0.2) is 28.7 Å². The predicted octanol–water partition coefficient (Wildman–Crippen LogP) is 2.34. The molecule has 0 aliphatic rings. The molecule has 0 aromatic heterocycles. The highest BCUT2D eigenvalue weighted by molar-refractivity contribution is 9.10. The lowest BCUT2D eigenvalue weighted by molar-refractivity contribution is -0.122. The summed E-state index contributed by atoms with van der Waals surface area (Å²) in [7, 11) is 0. The summed E-state index contributed by atoms with van der Waals surface area (Å²) in [6.45, 7) is 6.32. The third-order valence-electron chi connectivity index (χ3n) is 2.53. The maximum atomic E-state index is 11.9. The first kappa shape index (κ1) is 15.7. The fraction of sp³-hybridized carbons (Fsp3) is 0.429. The Morgan fingerprint density at radius 2 is 1.74 bits per heavy atom. The van der Waals surface area contributed by atoms with Crippen molar-refractivity contribution in [2.24, 2.45) is 5.92 Å². The summed E-state index contributed by atoms with van der Waals surface area (Å²) in [6, 6.07) is 6.45. The number of hydrogen-bond donors (Lipinski definition) is 2. The van der Waals surface area contributed by atoms with Gasteiger partial charge in [-0.25, -0.2) is 0 Å². The molecule has 0 fully saturated rings. The fourth-order valence-electron chi connectivity index (χ4n) is 1.40.